The van der Waals surface area contributed by atoms with Crippen molar-refractivity contribution >= 4 is 5.82 Å². The highest BCUT2D eigenvalue weighted by Crippen LogP contribution is 2.45. The van der Waals surface area contributed by atoms with Gasteiger partial charge in [0.15, 0.2) is 11.6 Å². The third-order valence-corrected chi connectivity index (χ3v) is 5.22. The van der Waals surface area contributed by atoms with E-state index in [0.29, 0.717) is 11.9 Å². The van der Waals surface area contributed by atoms with Crippen molar-refractivity contribution in [3.8, 4) is 11.6 Å². The summed E-state index contributed by atoms with van der Waals surface area (Å²) in [6, 6.07) is 0.152. The molecule has 3 aromatic rings. The van der Waals surface area contributed by atoms with Crippen molar-refractivity contribution in [1.82, 2.24) is 34.3 Å². The molecular formula is C18H20N8. The normalized spacial score (nSPS) is 21.5. The third-order valence-electron chi connectivity index (χ3n) is 5.22. The molecule has 0 N–H and O–H groups in total. The van der Waals surface area contributed by atoms with Gasteiger partial charge in [-0.25, -0.2) is 9.97 Å². The van der Waals surface area contributed by atoms with E-state index in [1.54, 1.807) is 12.5 Å². The standard InChI is InChI=1S/C18H20N8/c1-3-5-13-6-4-8-25-15(13)17-23-22-12(2)26(17)14-10-20-18(21-16(14)25)24-9-7-19-11-24/h3,5,7,9-11,13,15H,4,6,8H2,1-2H3. The zero-order chi connectivity index (χ0) is 17.7. The fourth-order valence-electron chi connectivity index (χ4n) is 4.14. The van der Waals surface area contributed by atoms with Crippen molar-refractivity contribution < 1.29 is 0 Å². The predicted molar refractivity (Wildman–Crippen MR) is 96.4 cm³/mol. The zero-order valence-electron chi connectivity index (χ0n) is 14.8. The van der Waals surface area contributed by atoms with Crippen LogP contribution in [0.25, 0.3) is 11.6 Å². The number of aromatic nitrogens is 7. The van der Waals surface area contributed by atoms with Gasteiger partial charge in [-0.2, -0.15) is 4.98 Å². The quantitative estimate of drug-likeness (QED) is 0.662. The molecule has 0 amide bonds. The molecule has 0 aliphatic carbocycles. The van der Waals surface area contributed by atoms with Gasteiger partial charge in [-0.05, 0) is 26.7 Å². The summed E-state index contributed by atoms with van der Waals surface area (Å²) in [4.78, 5) is 15.9. The number of fused-ring (bicyclic) bond motifs is 6. The van der Waals surface area contributed by atoms with Crippen LogP contribution in [0.2, 0.25) is 0 Å². The lowest BCUT2D eigenvalue weighted by Gasteiger charge is -2.44. The number of imidazole rings is 1. The second-order valence-electron chi connectivity index (χ2n) is 6.76. The Hall–Kier alpha value is -3.03. The van der Waals surface area contributed by atoms with Crippen LogP contribution < -0.4 is 4.90 Å². The Balaban J connectivity index is 1.72. The summed E-state index contributed by atoms with van der Waals surface area (Å²) in [5.41, 5.74) is 0.948. The molecule has 132 valence electrons. The lowest BCUT2D eigenvalue weighted by molar-refractivity contribution is 0.358. The van der Waals surface area contributed by atoms with Gasteiger partial charge in [0.25, 0.3) is 0 Å². The molecule has 0 saturated carbocycles. The third kappa shape index (κ3) is 2.11. The molecule has 2 aliphatic rings. The van der Waals surface area contributed by atoms with Crippen LogP contribution in [-0.2, 0) is 0 Å². The molecule has 0 aromatic carbocycles. The van der Waals surface area contributed by atoms with Crippen molar-refractivity contribution in [2.75, 3.05) is 11.4 Å². The van der Waals surface area contributed by atoms with Crippen LogP contribution >= 0.6 is 0 Å². The van der Waals surface area contributed by atoms with Gasteiger partial charge >= 0.3 is 0 Å². The Morgan fingerprint density at radius 1 is 1.27 bits per heavy atom. The average Bonchev–Trinajstić information content (AvgIpc) is 3.32. The van der Waals surface area contributed by atoms with Gasteiger partial charge in [0, 0.05) is 24.9 Å². The van der Waals surface area contributed by atoms with Crippen LogP contribution in [0, 0.1) is 12.8 Å². The molecule has 26 heavy (non-hydrogen) atoms. The molecule has 0 radical (unpaired) electrons. The second-order valence-corrected chi connectivity index (χ2v) is 6.76. The lowest BCUT2D eigenvalue weighted by Crippen LogP contribution is -2.43. The van der Waals surface area contributed by atoms with Crippen molar-refractivity contribution in [2.24, 2.45) is 5.92 Å². The minimum absolute atomic E-state index is 0.152. The summed E-state index contributed by atoms with van der Waals surface area (Å²) < 4.78 is 3.94. The predicted octanol–water partition coefficient (Wildman–Crippen LogP) is 2.40. The van der Waals surface area contributed by atoms with Gasteiger partial charge in [0.1, 0.15) is 17.8 Å². The van der Waals surface area contributed by atoms with Gasteiger partial charge < -0.3 is 4.90 Å². The van der Waals surface area contributed by atoms with Gasteiger partial charge in [-0.1, -0.05) is 12.2 Å². The van der Waals surface area contributed by atoms with Crippen LogP contribution in [0.4, 0.5) is 5.82 Å². The minimum atomic E-state index is 0.152. The van der Waals surface area contributed by atoms with E-state index in [2.05, 4.69) is 48.7 Å². The Bertz CT molecular complexity index is 971. The molecule has 2 atom stereocenters. The lowest BCUT2D eigenvalue weighted by atomic mass is 9.87. The van der Waals surface area contributed by atoms with Crippen LogP contribution in [0.3, 0.4) is 0 Å². The van der Waals surface area contributed by atoms with E-state index in [-0.39, 0.29) is 6.04 Å². The van der Waals surface area contributed by atoms with Gasteiger partial charge in [-0.15, -0.1) is 10.2 Å². The number of piperidine rings is 1. The van der Waals surface area contributed by atoms with E-state index in [1.165, 1.54) is 0 Å². The zero-order valence-corrected chi connectivity index (χ0v) is 14.8. The van der Waals surface area contributed by atoms with Crippen LogP contribution in [0.15, 0.2) is 37.1 Å². The number of hydrogen-bond acceptors (Lipinski definition) is 6. The molecule has 5 heterocycles. The molecule has 0 spiro atoms. The van der Waals surface area contributed by atoms with E-state index in [4.69, 9.17) is 4.98 Å². The molecule has 2 aliphatic heterocycles. The average molecular weight is 348 g/mol. The fourth-order valence-corrected chi connectivity index (χ4v) is 4.14. The monoisotopic (exact) mass is 348 g/mol. The highest BCUT2D eigenvalue weighted by Gasteiger charge is 2.41. The summed E-state index contributed by atoms with van der Waals surface area (Å²) in [6.45, 7) is 5.01. The first-order valence-corrected chi connectivity index (χ1v) is 8.95. The first kappa shape index (κ1) is 15.2. The first-order chi connectivity index (χ1) is 12.8. The Labute approximate surface area is 151 Å². The highest BCUT2D eigenvalue weighted by atomic mass is 15.4. The Morgan fingerprint density at radius 2 is 2.19 bits per heavy atom. The summed E-state index contributed by atoms with van der Waals surface area (Å²) in [7, 11) is 0. The largest absolute Gasteiger partial charge is 0.344 e. The summed E-state index contributed by atoms with van der Waals surface area (Å²) in [5.74, 6) is 3.82. The van der Waals surface area contributed by atoms with E-state index in [9.17, 15) is 0 Å². The Kier molecular flexibility index (Phi) is 3.37. The number of nitrogens with zero attached hydrogens (tertiary/aromatic N) is 8. The molecule has 1 fully saturated rings. The summed E-state index contributed by atoms with van der Waals surface area (Å²) in [6.07, 6.45) is 13.9. The van der Waals surface area contributed by atoms with Crippen LogP contribution in [0.1, 0.15) is 37.5 Å². The highest BCUT2D eigenvalue weighted by molar-refractivity contribution is 5.63. The van der Waals surface area contributed by atoms with Crippen molar-refractivity contribution in [3.05, 3.63) is 48.7 Å². The van der Waals surface area contributed by atoms with E-state index in [0.717, 1.165) is 42.5 Å². The maximum atomic E-state index is 4.89. The molecule has 1 saturated heterocycles. The van der Waals surface area contributed by atoms with Crippen molar-refractivity contribution in [2.45, 2.75) is 32.7 Å². The molecule has 8 heteroatoms. The number of allylic oxidation sites excluding steroid dienone is 1. The minimum Gasteiger partial charge on any atom is -0.344 e. The second kappa shape index (κ2) is 5.76. The van der Waals surface area contributed by atoms with E-state index in [1.807, 2.05) is 23.9 Å². The molecule has 2 unspecified atom stereocenters. The topological polar surface area (TPSA) is 77.5 Å². The van der Waals surface area contributed by atoms with Gasteiger partial charge in [0.2, 0.25) is 5.95 Å². The number of aryl methyl sites for hydroxylation is 1. The SMILES string of the molecule is CC=CC1CCCN2c3nc(-n4ccnc4)ncc3-n3c(C)nnc3C12. The van der Waals surface area contributed by atoms with Gasteiger partial charge in [-0.3, -0.25) is 9.13 Å². The van der Waals surface area contributed by atoms with Crippen molar-refractivity contribution in [3.63, 3.8) is 0 Å². The van der Waals surface area contributed by atoms with E-state index < -0.39 is 0 Å². The summed E-state index contributed by atoms with van der Waals surface area (Å²) >= 11 is 0. The molecule has 8 nitrogen and oxygen atoms in total. The first-order valence-electron chi connectivity index (χ1n) is 8.95. The molecule has 0 bridgehead atoms. The van der Waals surface area contributed by atoms with Crippen LogP contribution in [-0.4, -0.2) is 40.8 Å². The fraction of sp³-hybridized carbons (Fsp3) is 0.389. The van der Waals surface area contributed by atoms with E-state index >= 15 is 0 Å². The Morgan fingerprint density at radius 3 is 3.00 bits per heavy atom. The molecule has 5 rings (SSSR count). The number of anilines is 1. The maximum Gasteiger partial charge on any atom is 0.236 e. The van der Waals surface area contributed by atoms with Crippen molar-refractivity contribution in [1.29, 1.82) is 0 Å². The summed E-state index contributed by atoms with van der Waals surface area (Å²) in [5, 5.41) is 8.86. The smallest absolute Gasteiger partial charge is 0.236 e. The molecular weight excluding hydrogens is 328 g/mol. The number of hydrogen-bond donors (Lipinski definition) is 0. The number of rotatable bonds is 2. The maximum absolute atomic E-state index is 4.89. The van der Waals surface area contributed by atoms with Crippen LogP contribution in [0.5, 0.6) is 0 Å². The van der Waals surface area contributed by atoms with Gasteiger partial charge in [0.05, 0.1) is 12.2 Å². The molecule has 3 aromatic heterocycles.